The van der Waals surface area contributed by atoms with Gasteiger partial charge in [0.25, 0.3) is 0 Å². The van der Waals surface area contributed by atoms with E-state index >= 15 is 0 Å². The van der Waals surface area contributed by atoms with Crippen LogP contribution >= 0.6 is 23.2 Å². The maximum absolute atomic E-state index is 6.07. The van der Waals surface area contributed by atoms with E-state index in [4.69, 9.17) is 23.2 Å². The van der Waals surface area contributed by atoms with Gasteiger partial charge in [0.15, 0.2) is 0 Å². The molecule has 0 saturated carbocycles. The van der Waals surface area contributed by atoms with Crippen molar-refractivity contribution in [2.45, 2.75) is 20.4 Å². The second kappa shape index (κ2) is 4.03. The topological polar surface area (TPSA) is 17.8 Å². The average Bonchev–Trinajstić information content (AvgIpc) is 2.41. The lowest BCUT2D eigenvalue weighted by Crippen LogP contribution is -2.03. The Morgan fingerprint density at radius 1 is 1.33 bits per heavy atom. The summed E-state index contributed by atoms with van der Waals surface area (Å²) in [4.78, 5) is 4.27. The van der Waals surface area contributed by atoms with E-state index < -0.39 is 0 Å². The summed E-state index contributed by atoms with van der Waals surface area (Å²) < 4.78 is 2.01. The van der Waals surface area contributed by atoms with E-state index in [1.807, 2.05) is 22.8 Å². The first-order valence-corrected chi connectivity index (χ1v) is 5.65. The van der Waals surface area contributed by atoms with Crippen LogP contribution in [0.5, 0.6) is 0 Å². The Kier molecular flexibility index (Phi) is 2.89. The molecule has 0 unspecified atom stereocenters. The summed E-state index contributed by atoms with van der Waals surface area (Å²) >= 11 is 12.0. The predicted octanol–water partition coefficient (Wildman–Crippen LogP) is 4.00. The van der Waals surface area contributed by atoms with E-state index in [0.29, 0.717) is 16.2 Å². The van der Waals surface area contributed by atoms with Crippen molar-refractivity contribution < 1.29 is 0 Å². The standard InChI is InChI=1S/C11H12Cl2N2/c1-7(2)6-15-10-4-3-8(12)5-9(10)14-11(15)13/h3-5,7H,6H2,1-2H3. The number of benzene rings is 1. The van der Waals surface area contributed by atoms with Crippen molar-refractivity contribution in [1.82, 2.24) is 9.55 Å². The fourth-order valence-electron chi connectivity index (χ4n) is 1.61. The molecule has 0 aliphatic rings. The van der Waals surface area contributed by atoms with Gasteiger partial charge in [-0.3, -0.25) is 0 Å². The van der Waals surface area contributed by atoms with Gasteiger partial charge >= 0.3 is 0 Å². The van der Waals surface area contributed by atoms with Gasteiger partial charge in [0.2, 0.25) is 5.28 Å². The smallest absolute Gasteiger partial charge is 0.203 e. The molecule has 0 bridgehead atoms. The number of fused-ring (bicyclic) bond motifs is 1. The van der Waals surface area contributed by atoms with E-state index in [2.05, 4.69) is 18.8 Å². The molecular weight excluding hydrogens is 231 g/mol. The van der Waals surface area contributed by atoms with Gasteiger partial charge in [0.05, 0.1) is 11.0 Å². The number of rotatable bonds is 2. The Morgan fingerprint density at radius 2 is 2.07 bits per heavy atom. The fraction of sp³-hybridized carbons (Fsp3) is 0.364. The van der Waals surface area contributed by atoms with Crippen LogP contribution in [-0.2, 0) is 6.54 Å². The minimum atomic E-state index is 0.529. The number of hydrogen-bond donors (Lipinski definition) is 0. The summed E-state index contributed by atoms with van der Waals surface area (Å²) in [5, 5.41) is 1.22. The number of nitrogens with zero attached hydrogens (tertiary/aromatic N) is 2. The lowest BCUT2D eigenvalue weighted by atomic mass is 10.2. The molecule has 2 nitrogen and oxygen atoms in total. The highest BCUT2D eigenvalue weighted by Crippen LogP contribution is 2.23. The normalized spacial score (nSPS) is 11.5. The maximum Gasteiger partial charge on any atom is 0.203 e. The van der Waals surface area contributed by atoms with Gasteiger partial charge in [-0.15, -0.1) is 0 Å². The molecule has 1 aromatic carbocycles. The summed E-state index contributed by atoms with van der Waals surface area (Å²) in [5.74, 6) is 0.538. The molecule has 0 aliphatic carbocycles. The van der Waals surface area contributed by atoms with Crippen LogP contribution < -0.4 is 0 Å². The van der Waals surface area contributed by atoms with Crippen LogP contribution in [0, 0.1) is 5.92 Å². The molecule has 0 spiro atoms. The molecule has 1 heterocycles. The molecule has 4 heteroatoms. The Hall–Kier alpha value is -0.730. The third-order valence-electron chi connectivity index (χ3n) is 2.21. The summed E-state index contributed by atoms with van der Waals surface area (Å²) in [6, 6.07) is 5.65. The highest BCUT2D eigenvalue weighted by Gasteiger charge is 2.09. The quantitative estimate of drug-likeness (QED) is 0.779. The third kappa shape index (κ3) is 2.11. The van der Waals surface area contributed by atoms with Crippen molar-refractivity contribution in [2.24, 2.45) is 5.92 Å². The first kappa shape index (κ1) is 10.8. The zero-order valence-electron chi connectivity index (χ0n) is 8.67. The Bertz CT molecular complexity index is 489. The molecule has 1 aromatic heterocycles. The number of aromatic nitrogens is 2. The lowest BCUT2D eigenvalue weighted by Gasteiger charge is -2.08. The summed E-state index contributed by atoms with van der Waals surface area (Å²) in [7, 11) is 0. The summed E-state index contributed by atoms with van der Waals surface area (Å²) in [6.45, 7) is 5.17. The molecule has 0 N–H and O–H groups in total. The van der Waals surface area contributed by atoms with E-state index in [1.165, 1.54) is 0 Å². The van der Waals surface area contributed by atoms with Crippen LogP contribution in [0.2, 0.25) is 10.3 Å². The van der Waals surface area contributed by atoms with Gasteiger partial charge in [0, 0.05) is 11.6 Å². The lowest BCUT2D eigenvalue weighted by molar-refractivity contribution is 0.533. The molecule has 0 atom stereocenters. The van der Waals surface area contributed by atoms with Crippen LogP contribution in [0.25, 0.3) is 11.0 Å². The van der Waals surface area contributed by atoms with Crippen molar-refractivity contribution in [2.75, 3.05) is 0 Å². The minimum absolute atomic E-state index is 0.529. The van der Waals surface area contributed by atoms with Crippen molar-refractivity contribution >= 4 is 34.2 Å². The molecule has 80 valence electrons. The molecule has 2 rings (SSSR count). The molecule has 0 aliphatic heterocycles. The van der Waals surface area contributed by atoms with Gasteiger partial charge in [0.1, 0.15) is 0 Å². The van der Waals surface area contributed by atoms with Crippen LogP contribution in [0.1, 0.15) is 13.8 Å². The largest absolute Gasteiger partial charge is 0.314 e. The van der Waals surface area contributed by atoms with Gasteiger partial charge < -0.3 is 4.57 Å². The van der Waals surface area contributed by atoms with Crippen LogP contribution in [-0.4, -0.2) is 9.55 Å². The molecule has 0 amide bonds. The molecular formula is C11H12Cl2N2. The highest BCUT2D eigenvalue weighted by atomic mass is 35.5. The van der Waals surface area contributed by atoms with E-state index in [-0.39, 0.29) is 0 Å². The Labute approximate surface area is 98.8 Å². The Morgan fingerprint density at radius 3 is 2.73 bits per heavy atom. The van der Waals surface area contributed by atoms with Crippen LogP contribution in [0.3, 0.4) is 0 Å². The zero-order valence-corrected chi connectivity index (χ0v) is 10.2. The fourth-order valence-corrected chi connectivity index (χ4v) is 2.03. The van der Waals surface area contributed by atoms with E-state index in [1.54, 1.807) is 0 Å². The Balaban J connectivity index is 2.58. The number of halogens is 2. The summed E-state index contributed by atoms with van der Waals surface area (Å²) in [6.07, 6.45) is 0. The van der Waals surface area contributed by atoms with Gasteiger partial charge in [-0.1, -0.05) is 25.4 Å². The molecule has 0 saturated heterocycles. The number of imidazole rings is 1. The first-order chi connectivity index (χ1) is 7.08. The van der Waals surface area contributed by atoms with Crippen LogP contribution in [0.4, 0.5) is 0 Å². The predicted molar refractivity (Wildman–Crippen MR) is 64.6 cm³/mol. The van der Waals surface area contributed by atoms with Crippen molar-refractivity contribution in [3.05, 3.63) is 28.5 Å². The van der Waals surface area contributed by atoms with Crippen molar-refractivity contribution in [1.29, 1.82) is 0 Å². The van der Waals surface area contributed by atoms with Gasteiger partial charge in [-0.05, 0) is 35.7 Å². The van der Waals surface area contributed by atoms with E-state index in [0.717, 1.165) is 17.6 Å². The maximum atomic E-state index is 6.07. The van der Waals surface area contributed by atoms with Gasteiger partial charge in [-0.2, -0.15) is 0 Å². The number of hydrogen-bond acceptors (Lipinski definition) is 1. The van der Waals surface area contributed by atoms with Gasteiger partial charge in [-0.25, -0.2) is 4.98 Å². The molecule has 0 fully saturated rings. The second-order valence-corrected chi connectivity index (χ2v) is 4.79. The van der Waals surface area contributed by atoms with Crippen molar-refractivity contribution in [3.8, 4) is 0 Å². The molecule has 0 radical (unpaired) electrons. The second-order valence-electron chi connectivity index (χ2n) is 4.02. The third-order valence-corrected chi connectivity index (χ3v) is 2.74. The minimum Gasteiger partial charge on any atom is -0.314 e. The van der Waals surface area contributed by atoms with Crippen molar-refractivity contribution in [3.63, 3.8) is 0 Å². The average molecular weight is 243 g/mol. The zero-order chi connectivity index (χ0) is 11.0. The van der Waals surface area contributed by atoms with Crippen LogP contribution in [0.15, 0.2) is 18.2 Å². The van der Waals surface area contributed by atoms with E-state index in [9.17, 15) is 0 Å². The SMILES string of the molecule is CC(C)Cn1c(Cl)nc2cc(Cl)ccc21. The summed E-state index contributed by atoms with van der Waals surface area (Å²) in [5.41, 5.74) is 1.89. The molecule has 15 heavy (non-hydrogen) atoms. The monoisotopic (exact) mass is 242 g/mol. The highest BCUT2D eigenvalue weighted by molar-refractivity contribution is 6.31. The first-order valence-electron chi connectivity index (χ1n) is 4.89. The molecule has 2 aromatic rings.